The molecule has 1 aromatic heterocycles. The van der Waals surface area contributed by atoms with Crippen LogP contribution in [0.2, 0.25) is 0 Å². The van der Waals surface area contributed by atoms with Crippen molar-refractivity contribution in [3.63, 3.8) is 0 Å². The average molecular weight is 271 g/mol. The lowest BCUT2D eigenvalue weighted by Gasteiger charge is -2.15. The number of aromatic nitrogens is 2. The highest BCUT2D eigenvalue weighted by molar-refractivity contribution is 5.25. The van der Waals surface area contributed by atoms with E-state index in [-0.39, 0.29) is 18.1 Å². The molecule has 106 valence electrons. The summed E-state index contributed by atoms with van der Waals surface area (Å²) in [5.41, 5.74) is 0.312. The summed E-state index contributed by atoms with van der Waals surface area (Å²) in [4.78, 5) is 17.8. The van der Waals surface area contributed by atoms with Gasteiger partial charge in [0.05, 0.1) is 0 Å². The molecule has 0 saturated carbocycles. The molecule has 0 aliphatic carbocycles. The first-order valence-corrected chi connectivity index (χ1v) is 5.87. The van der Waals surface area contributed by atoms with Gasteiger partial charge in [0.2, 0.25) is 5.95 Å². The summed E-state index contributed by atoms with van der Waals surface area (Å²) in [6, 6.07) is 1.37. The molecule has 1 aliphatic heterocycles. The first-order valence-electron chi connectivity index (χ1n) is 5.87. The van der Waals surface area contributed by atoms with Crippen LogP contribution in [-0.2, 0) is 9.47 Å². The number of ether oxygens (including phenoxy) is 2. The summed E-state index contributed by atoms with van der Waals surface area (Å²) in [6.45, 7) is 1.89. The van der Waals surface area contributed by atoms with Gasteiger partial charge in [0.25, 0.3) is 5.56 Å². The van der Waals surface area contributed by atoms with Crippen molar-refractivity contribution in [2.24, 2.45) is 0 Å². The molecule has 1 aromatic rings. The van der Waals surface area contributed by atoms with Gasteiger partial charge in [-0.15, -0.1) is 0 Å². The molecule has 0 spiro atoms. The third-order valence-electron chi connectivity index (χ3n) is 2.89. The van der Waals surface area contributed by atoms with Crippen LogP contribution >= 0.6 is 0 Å². The molecule has 0 bridgehead atoms. The Kier molecular flexibility index (Phi) is 4.15. The van der Waals surface area contributed by atoms with Gasteiger partial charge in [0, 0.05) is 25.4 Å². The maximum atomic E-state index is 11.2. The number of aryl methyl sites for hydroxylation is 1. The highest BCUT2D eigenvalue weighted by Crippen LogP contribution is 2.21. The quantitative estimate of drug-likeness (QED) is 0.531. The lowest BCUT2D eigenvalue weighted by atomic mass is 10.1. The first-order chi connectivity index (χ1) is 9.01. The Hall–Kier alpha value is -1.48. The molecule has 0 aromatic carbocycles. The summed E-state index contributed by atoms with van der Waals surface area (Å²) in [7, 11) is 1.38. The number of nitrogens with zero attached hydrogens (tertiary/aromatic N) is 1. The van der Waals surface area contributed by atoms with E-state index in [1.807, 2.05) is 0 Å². The molecule has 1 fully saturated rings. The Balaban J connectivity index is 1.97. The van der Waals surface area contributed by atoms with Crippen LogP contribution in [-0.4, -0.2) is 58.4 Å². The largest absolute Gasteiger partial charge is 0.387 e. The van der Waals surface area contributed by atoms with Crippen LogP contribution in [0.5, 0.6) is 0 Å². The minimum atomic E-state index is -1.10. The summed E-state index contributed by atoms with van der Waals surface area (Å²) < 4.78 is 10.2. The van der Waals surface area contributed by atoms with E-state index in [1.165, 1.54) is 13.2 Å². The molecule has 0 unspecified atom stereocenters. The fraction of sp³-hybridized carbons (Fsp3) is 0.636. The number of hydrogen-bond acceptors (Lipinski definition) is 7. The van der Waals surface area contributed by atoms with Crippen molar-refractivity contribution in [3.8, 4) is 0 Å². The maximum Gasteiger partial charge on any atom is 0.252 e. The topological polar surface area (TPSA) is 117 Å². The number of aromatic amines is 1. The second-order valence-corrected chi connectivity index (χ2v) is 4.38. The Morgan fingerprint density at radius 2 is 2.26 bits per heavy atom. The maximum absolute atomic E-state index is 11.2. The fourth-order valence-corrected chi connectivity index (χ4v) is 1.94. The molecule has 4 N–H and O–H groups in total. The van der Waals surface area contributed by atoms with Gasteiger partial charge < -0.3 is 25.0 Å². The third-order valence-corrected chi connectivity index (χ3v) is 2.89. The summed E-state index contributed by atoms with van der Waals surface area (Å²) >= 11 is 0. The predicted molar refractivity (Wildman–Crippen MR) is 65.8 cm³/mol. The van der Waals surface area contributed by atoms with Gasteiger partial charge in [-0.25, -0.2) is 4.98 Å². The van der Waals surface area contributed by atoms with E-state index in [0.717, 1.165) is 0 Å². The SMILES string of the molecule is CO[C@@H]1O[C@H](CNc2nc(C)cc(=O)[nH]2)[C@@H](O)[C@H]1O. The summed E-state index contributed by atoms with van der Waals surface area (Å²) in [5.74, 6) is 0.288. The van der Waals surface area contributed by atoms with Gasteiger partial charge in [0.15, 0.2) is 6.29 Å². The smallest absolute Gasteiger partial charge is 0.252 e. The zero-order chi connectivity index (χ0) is 14.0. The summed E-state index contributed by atoms with van der Waals surface area (Å²) in [6.07, 6.45) is -3.66. The molecule has 4 atom stereocenters. The molecular formula is C11H17N3O5. The minimum Gasteiger partial charge on any atom is -0.387 e. The highest BCUT2D eigenvalue weighted by atomic mass is 16.7. The van der Waals surface area contributed by atoms with Crippen molar-refractivity contribution < 1.29 is 19.7 Å². The second kappa shape index (κ2) is 5.66. The molecule has 8 heteroatoms. The number of aliphatic hydroxyl groups is 2. The highest BCUT2D eigenvalue weighted by Gasteiger charge is 2.42. The van der Waals surface area contributed by atoms with Crippen LogP contribution < -0.4 is 10.9 Å². The molecule has 2 heterocycles. The van der Waals surface area contributed by atoms with Crippen molar-refractivity contribution in [3.05, 3.63) is 22.1 Å². The molecule has 1 aliphatic rings. The van der Waals surface area contributed by atoms with E-state index >= 15 is 0 Å². The van der Waals surface area contributed by atoms with E-state index in [9.17, 15) is 15.0 Å². The van der Waals surface area contributed by atoms with E-state index in [4.69, 9.17) is 9.47 Å². The number of nitrogens with one attached hydrogen (secondary N) is 2. The number of rotatable bonds is 4. The lowest BCUT2D eigenvalue weighted by Crippen LogP contribution is -2.36. The molecule has 0 radical (unpaired) electrons. The minimum absolute atomic E-state index is 0.185. The van der Waals surface area contributed by atoms with Gasteiger partial charge in [-0.05, 0) is 6.92 Å². The van der Waals surface area contributed by atoms with Gasteiger partial charge in [-0.3, -0.25) is 9.78 Å². The number of anilines is 1. The third kappa shape index (κ3) is 3.10. The van der Waals surface area contributed by atoms with E-state index in [2.05, 4.69) is 15.3 Å². The van der Waals surface area contributed by atoms with Crippen molar-refractivity contribution in [2.75, 3.05) is 19.0 Å². The van der Waals surface area contributed by atoms with Gasteiger partial charge >= 0.3 is 0 Å². The molecule has 8 nitrogen and oxygen atoms in total. The molecule has 1 saturated heterocycles. The van der Waals surface area contributed by atoms with Crippen LogP contribution in [0.3, 0.4) is 0 Å². The fourth-order valence-electron chi connectivity index (χ4n) is 1.94. The predicted octanol–water partition coefficient (Wildman–Crippen LogP) is -1.42. The average Bonchev–Trinajstić information content (AvgIpc) is 2.62. The number of hydrogen-bond donors (Lipinski definition) is 4. The zero-order valence-electron chi connectivity index (χ0n) is 10.7. The number of aliphatic hydroxyl groups excluding tert-OH is 2. The first kappa shape index (κ1) is 13.9. The Morgan fingerprint density at radius 1 is 1.53 bits per heavy atom. The van der Waals surface area contributed by atoms with Crippen LogP contribution in [0.25, 0.3) is 0 Å². The monoisotopic (exact) mass is 271 g/mol. The second-order valence-electron chi connectivity index (χ2n) is 4.38. The van der Waals surface area contributed by atoms with Crippen molar-refractivity contribution in [1.29, 1.82) is 0 Å². The van der Waals surface area contributed by atoms with Crippen molar-refractivity contribution >= 4 is 5.95 Å². The van der Waals surface area contributed by atoms with Crippen LogP contribution in [0.1, 0.15) is 5.69 Å². The number of methoxy groups -OCH3 is 1. The van der Waals surface area contributed by atoms with E-state index in [1.54, 1.807) is 6.92 Å². The van der Waals surface area contributed by atoms with Crippen LogP contribution in [0.15, 0.2) is 10.9 Å². The molecule has 0 amide bonds. The normalized spacial score (nSPS) is 30.5. The van der Waals surface area contributed by atoms with Gasteiger partial charge in [-0.2, -0.15) is 0 Å². The van der Waals surface area contributed by atoms with Gasteiger partial charge in [0.1, 0.15) is 18.3 Å². The standard InChI is InChI=1S/C11H17N3O5/c1-5-3-7(15)14-11(13-5)12-4-6-8(16)9(17)10(18-2)19-6/h3,6,8-10,16-17H,4H2,1-2H3,(H2,12,13,14,15)/t6-,8-,9-,10-/m1/s1. The van der Waals surface area contributed by atoms with Crippen molar-refractivity contribution in [2.45, 2.75) is 31.5 Å². The summed E-state index contributed by atoms with van der Waals surface area (Å²) in [5, 5.41) is 22.2. The zero-order valence-corrected chi connectivity index (χ0v) is 10.7. The Bertz CT molecular complexity index is 491. The van der Waals surface area contributed by atoms with E-state index in [0.29, 0.717) is 5.69 Å². The molecule has 19 heavy (non-hydrogen) atoms. The van der Waals surface area contributed by atoms with E-state index < -0.39 is 24.6 Å². The lowest BCUT2D eigenvalue weighted by molar-refractivity contribution is -0.146. The van der Waals surface area contributed by atoms with Crippen molar-refractivity contribution in [1.82, 2.24) is 9.97 Å². The molecule has 2 rings (SSSR count). The Labute approximate surface area is 109 Å². The Morgan fingerprint density at radius 3 is 2.84 bits per heavy atom. The van der Waals surface area contributed by atoms with Crippen LogP contribution in [0, 0.1) is 6.92 Å². The van der Waals surface area contributed by atoms with Crippen LogP contribution in [0.4, 0.5) is 5.95 Å². The van der Waals surface area contributed by atoms with Gasteiger partial charge in [-0.1, -0.05) is 0 Å². The molecular weight excluding hydrogens is 254 g/mol. The number of H-pyrrole nitrogens is 1.